The molecule has 0 radical (unpaired) electrons. The average molecular weight is 301 g/mol. The van der Waals surface area contributed by atoms with Crippen LogP contribution >= 0.6 is 15.9 Å². The molecule has 1 aromatic rings. The second-order valence-electron chi connectivity index (χ2n) is 4.16. The Morgan fingerprint density at radius 3 is 2.59 bits per heavy atom. The monoisotopic (exact) mass is 300 g/mol. The quantitative estimate of drug-likeness (QED) is 0.733. The summed E-state index contributed by atoms with van der Waals surface area (Å²) in [5.41, 5.74) is 6.37. The van der Waals surface area contributed by atoms with Gasteiger partial charge >= 0.3 is 0 Å². The summed E-state index contributed by atoms with van der Waals surface area (Å²) in [6.07, 6.45) is 10.9. The molecular formula is C13H21BrN2O. The van der Waals surface area contributed by atoms with Crippen molar-refractivity contribution in [1.29, 1.82) is 0 Å². The van der Waals surface area contributed by atoms with E-state index in [0.29, 0.717) is 11.4 Å². The van der Waals surface area contributed by atoms with E-state index in [-0.39, 0.29) is 0 Å². The van der Waals surface area contributed by atoms with E-state index in [1.807, 2.05) is 0 Å². The van der Waals surface area contributed by atoms with Crippen LogP contribution in [0.1, 0.15) is 45.4 Å². The van der Waals surface area contributed by atoms with E-state index < -0.39 is 0 Å². The summed E-state index contributed by atoms with van der Waals surface area (Å²) >= 11 is 3.38. The highest BCUT2D eigenvalue weighted by atomic mass is 79.9. The van der Waals surface area contributed by atoms with Crippen LogP contribution in [0.5, 0.6) is 5.75 Å². The minimum absolute atomic E-state index is 0.588. The molecule has 4 heteroatoms. The van der Waals surface area contributed by atoms with Crippen LogP contribution in [0.3, 0.4) is 0 Å². The Labute approximate surface area is 112 Å². The zero-order valence-electron chi connectivity index (χ0n) is 10.4. The Bertz CT molecular complexity index is 311. The summed E-state index contributed by atoms with van der Waals surface area (Å²) in [5, 5.41) is 0. The van der Waals surface area contributed by atoms with Gasteiger partial charge in [-0.3, -0.25) is 4.98 Å². The number of hydrogen-bond acceptors (Lipinski definition) is 3. The van der Waals surface area contributed by atoms with Crippen LogP contribution in [-0.4, -0.2) is 11.6 Å². The number of halogens is 1. The van der Waals surface area contributed by atoms with Gasteiger partial charge in [0.1, 0.15) is 0 Å². The Hall–Kier alpha value is -0.770. The van der Waals surface area contributed by atoms with E-state index in [2.05, 4.69) is 27.8 Å². The molecule has 17 heavy (non-hydrogen) atoms. The lowest BCUT2D eigenvalue weighted by molar-refractivity contribution is 0.304. The van der Waals surface area contributed by atoms with Crippen LogP contribution in [0.4, 0.5) is 5.69 Å². The Morgan fingerprint density at radius 2 is 1.88 bits per heavy atom. The van der Waals surface area contributed by atoms with Crippen molar-refractivity contribution in [2.75, 3.05) is 12.3 Å². The number of nitrogens with zero attached hydrogens (tertiary/aromatic N) is 1. The first-order valence-electron chi connectivity index (χ1n) is 6.27. The highest BCUT2D eigenvalue weighted by Crippen LogP contribution is 2.29. The number of rotatable bonds is 8. The zero-order chi connectivity index (χ0) is 12.5. The number of nitrogens with two attached hydrogens (primary N) is 1. The third-order valence-electron chi connectivity index (χ3n) is 2.62. The molecule has 96 valence electrons. The first kappa shape index (κ1) is 14.3. The second kappa shape index (κ2) is 8.34. The smallest absolute Gasteiger partial charge is 0.159 e. The van der Waals surface area contributed by atoms with E-state index in [1.54, 1.807) is 12.4 Å². The van der Waals surface area contributed by atoms with E-state index in [0.717, 1.165) is 17.5 Å². The van der Waals surface area contributed by atoms with Gasteiger partial charge in [0.2, 0.25) is 0 Å². The maximum absolute atomic E-state index is 5.78. The molecule has 0 saturated carbocycles. The fourth-order valence-corrected chi connectivity index (χ4v) is 2.11. The van der Waals surface area contributed by atoms with Crippen LogP contribution in [-0.2, 0) is 0 Å². The molecule has 0 fully saturated rings. The molecule has 0 amide bonds. The number of aromatic nitrogens is 1. The van der Waals surface area contributed by atoms with Gasteiger partial charge in [-0.25, -0.2) is 0 Å². The molecule has 3 nitrogen and oxygen atoms in total. The third kappa shape index (κ3) is 5.39. The second-order valence-corrected chi connectivity index (χ2v) is 5.01. The minimum Gasteiger partial charge on any atom is -0.490 e. The number of pyridine rings is 1. The van der Waals surface area contributed by atoms with Crippen molar-refractivity contribution in [2.24, 2.45) is 0 Å². The molecule has 1 aromatic heterocycles. The highest BCUT2D eigenvalue weighted by molar-refractivity contribution is 9.10. The predicted molar refractivity (Wildman–Crippen MR) is 75.2 cm³/mol. The van der Waals surface area contributed by atoms with Gasteiger partial charge in [0.05, 0.1) is 23.0 Å². The SMILES string of the molecule is CCCCCCCCOc1c(N)cncc1Br. The summed E-state index contributed by atoms with van der Waals surface area (Å²) in [4.78, 5) is 3.97. The molecular weight excluding hydrogens is 280 g/mol. The highest BCUT2D eigenvalue weighted by Gasteiger charge is 2.05. The molecule has 0 aliphatic heterocycles. The fourth-order valence-electron chi connectivity index (χ4n) is 1.65. The molecule has 0 saturated heterocycles. The van der Waals surface area contributed by atoms with Gasteiger partial charge in [-0.15, -0.1) is 0 Å². The van der Waals surface area contributed by atoms with Gasteiger partial charge in [-0.1, -0.05) is 39.0 Å². The van der Waals surface area contributed by atoms with Crippen LogP contribution in [0.2, 0.25) is 0 Å². The lowest BCUT2D eigenvalue weighted by Gasteiger charge is -2.09. The van der Waals surface area contributed by atoms with Crippen molar-refractivity contribution >= 4 is 21.6 Å². The number of ether oxygens (including phenoxy) is 1. The Kier molecular flexibility index (Phi) is 7.01. The number of anilines is 1. The van der Waals surface area contributed by atoms with Crippen LogP contribution in [0.25, 0.3) is 0 Å². The topological polar surface area (TPSA) is 48.1 Å². The molecule has 0 aromatic carbocycles. The lowest BCUT2D eigenvalue weighted by atomic mass is 10.1. The van der Waals surface area contributed by atoms with Crippen LogP contribution < -0.4 is 10.5 Å². The fraction of sp³-hybridized carbons (Fsp3) is 0.615. The first-order valence-corrected chi connectivity index (χ1v) is 7.06. The number of unbranched alkanes of at least 4 members (excludes halogenated alkanes) is 5. The number of hydrogen-bond donors (Lipinski definition) is 1. The molecule has 2 N–H and O–H groups in total. The van der Waals surface area contributed by atoms with Crippen molar-refractivity contribution < 1.29 is 4.74 Å². The van der Waals surface area contributed by atoms with Crippen LogP contribution in [0, 0.1) is 0 Å². The van der Waals surface area contributed by atoms with Crippen molar-refractivity contribution in [3.63, 3.8) is 0 Å². The predicted octanol–water partition coefficient (Wildman–Crippen LogP) is 4.17. The Balaban J connectivity index is 2.18. The molecule has 0 aliphatic rings. The van der Waals surface area contributed by atoms with Crippen LogP contribution in [0.15, 0.2) is 16.9 Å². The van der Waals surface area contributed by atoms with Crippen molar-refractivity contribution in [3.05, 3.63) is 16.9 Å². The van der Waals surface area contributed by atoms with Gasteiger partial charge in [-0.2, -0.15) is 0 Å². The third-order valence-corrected chi connectivity index (χ3v) is 3.19. The molecule has 1 rings (SSSR count). The maximum atomic E-state index is 5.78. The maximum Gasteiger partial charge on any atom is 0.159 e. The van der Waals surface area contributed by atoms with Crippen molar-refractivity contribution in [3.8, 4) is 5.75 Å². The molecule has 0 unspecified atom stereocenters. The normalized spacial score (nSPS) is 10.5. The number of nitrogen functional groups attached to an aromatic ring is 1. The summed E-state index contributed by atoms with van der Waals surface area (Å²) < 4.78 is 6.48. The van der Waals surface area contributed by atoms with Gasteiger partial charge in [0.15, 0.2) is 5.75 Å². The molecule has 0 spiro atoms. The molecule has 1 heterocycles. The Morgan fingerprint density at radius 1 is 1.18 bits per heavy atom. The molecule has 0 atom stereocenters. The lowest BCUT2D eigenvalue weighted by Crippen LogP contribution is -2.01. The average Bonchev–Trinajstić information content (AvgIpc) is 2.31. The van der Waals surface area contributed by atoms with Crippen molar-refractivity contribution in [2.45, 2.75) is 45.4 Å². The van der Waals surface area contributed by atoms with Crippen molar-refractivity contribution in [1.82, 2.24) is 4.98 Å². The van der Waals surface area contributed by atoms with E-state index >= 15 is 0 Å². The molecule has 0 bridgehead atoms. The van der Waals surface area contributed by atoms with E-state index in [9.17, 15) is 0 Å². The van der Waals surface area contributed by atoms with Gasteiger partial charge in [-0.05, 0) is 22.4 Å². The zero-order valence-corrected chi connectivity index (χ0v) is 12.0. The van der Waals surface area contributed by atoms with Gasteiger partial charge < -0.3 is 10.5 Å². The standard InChI is InChI=1S/C13H21BrN2O/c1-2-3-4-5-6-7-8-17-13-11(14)9-16-10-12(13)15/h9-10H,2-8,15H2,1H3. The first-order chi connectivity index (χ1) is 8.25. The largest absolute Gasteiger partial charge is 0.490 e. The summed E-state index contributed by atoms with van der Waals surface area (Å²) in [6, 6.07) is 0. The van der Waals surface area contributed by atoms with E-state index in [4.69, 9.17) is 10.5 Å². The summed E-state index contributed by atoms with van der Waals surface area (Å²) in [7, 11) is 0. The minimum atomic E-state index is 0.588. The van der Waals surface area contributed by atoms with Gasteiger partial charge in [0.25, 0.3) is 0 Å². The molecule has 0 aliphatic carbocycles. The van der Waals surface area contributed by atoms with E-state index in [1.165, 1.54) is 32.1 Å². The summed E-state index contributed by atoms with van der Waals surface area (Å²) in [5.74, 6) is 0.716. The summed E-state index contributed by atoms with van der Waals surface area (Å²) in [6.45, 7) is 2.95. The van der Waals surface area contributed by atoms with Gasteiger partial charge in [0, 0.05) is 6.20 Å².